The molecule has 0 bridgehead atoms. The molecule has 0 aliphatic rings. The van der Waals surface area contributed by atoms with Crippen LogP contribution in [0.4, 0.5) is 0 Å². The van der Waals surface area contributed by atoms with E-state index in [9.17, 15) is 14.4 Å². The van der Waals surface area contributed by atoms with E-state index < -0.39 is 11.9 Å². The predicted molar refractivity (Wildman–Crippen MR) is 91.4 cm³/mol. The van der Waals surface area contributed by atoms with Crippen molar-refractivity contribution < 1.29 is 23.9 Å². The second kappa shape index (κ2) is 8.10. The third kappa shape index (κ3) is 4.44. The molecule has 0 atom stereocenters. The van der Waals surface area contributed by atoms with E-state index in [4.69, 9.17) is 0 Å². The SMILES string of the molecule is COC(=O)c1ccc(CN(C)C(=O)c2ccc(C(=O)OC)cc2)cc1. The smallest absolute Gasteiger partial charge is 0.337 e. The molecule has 0 aliphatic carbocycles. The number of esters is 2. The van der Waals surface area contributed by atoms with Gasteiger partial charge in [0.1, 0.15) is 0 Å². The molecule has 2 aromatic rings. The van der Waals surface area contributed by atoms with Crippen molar-refractivity contribution in [2.24, 2.45) is 0 Å². The molecule has 2 rings (SSSR count). The van der Waals surface area contributed by atoms with Crippen molar-refractivity contribution in [1.29, 1.82) is 0 Å². The van der Waals surface area contributed by atoms with Crippen LogP contribution in [0.2, 0.25) is 0 Å². The molecule has 0 saturated heterocycles. The summed E-state index contributed by atoms with van der Waals surface area (Å²) in [4.78, 5) is 36.8. The van der Waals surface area contributed by atoms with Crippen LogP contribution in [0.3, 0.4) is 0 Å². The summed E-state index contributed by atoms with van der Waals surface area (Å²) >= 11 is 0. The highest BCUT2D eigenvalue weighted by atomic mass is 16.5. The van der Waals surface area contributed by atoms with Crippen LogP contribution in [0.1, 0.15) is 36.6 Å². The maximum atomic E-state index is 12.5. The van der Waals surface area contributed by atoms with Crippen molar-refractivity contribution in [2.75, 3.05) is 21.3 Å². The van der Waals surface area contributed by atoms with Gasteiger partial charge in [0.2, 0.25) is 0 Å². The molecule has 1 amide bonds. The van der Waals surface area contributed by atoms with Crippen LogP contribution in [0.15, 0.2) is 48.5 Å². The molecule has 0 N–H and O–H groups in total. The van der Waals surface area contributed by atoms with Crippen LogP contribution in [-0.2, 0) is 16.0 Å². The Morgan fingerprint density at radius 1 is 0.760 bits per heavy atom. The lowest BCUT2D eigenvalue weighted by Crippen LogP contribution is -2.26. The Hall–Kier alpha value is -3.15. The summed E-state index contributed by atoms with van der Waals surface area (Å²) in [5, 5.41) is 0. The third-order valence-corrected chi connectivity index (χ3v) is 3.69. The average Bonchev–Trinajstić information content (AvgIpc) is 2.66. The van der Waals surface area contributed by atoms with E-state index in [1.54, 1.807) is 60.5 Å². The molecule has 6 heteroatoms. The van der Waals surface area contributed by atoms with Gasteiger partial charge >= 0.3 is 11.9 Å². The standard InChI is InChI=1S/C19H19NO5/c1-20(12-13-4-6-15(7-5-13)18(22)24-2)17(21)14-8-10-16(11-9-14)19(23)25-3/h4-11H,12H2,1-3H3. The van der Waals surface area contributed by atoms with Gasteiger partial charge in [0.05, 0.1) is 25.3 Å². The molecular formula is C19H19NO5. The normalized spacial score (nSPS) is 10.0. The van der Waals surface area contributed by atoms with Crippen molar-refractivity contribution in [1.82, 2.24) is 4.90 Å². The number of methoxy groups -OCH3 is 2. The van der Waals surface area contributed by atoms with Gasteiger partial charge in [0.15, 0.2) is 0 Å². The maximum absolute atomic E-state index is 12.5. The first-order valence-corrected chi connectivity index (χ1v) is 7.57. The van der Waals surface area contributed by atoms with Gasteiger partial charge < -0.3 is 14.4 Å². The van der Waals surface area contributed by atoms with Crippen LogP contribution >= 0.6 is 0 Å². The summed E-state index contributed by atoms with van der Waals surface area (Å²) in [5.41, 5.74) is 2.20. The molecular weight excluding hydrogens is 322 g/mol. The van der Waals surface area contributed by atoms with E-state index in [2.05, 4.69) is 9.47 Å². The van der Waals surface area contributed by atoms with Crippen molar-refractivity contribution in [2.45, 2.75) is 6.54 Å². The van der Waals surface area contributed by atoms with Gasteiger partial charge in [0.25, 0.3) is 5.91 Å². The highest BCUT2D eigenvalue weighted by Gasteiger charge is 2.14. The fraction of sp³-hybridized carbons (Fsp3) is 0.211. The number of hydrogen-bond acceptors (Lipinski definition) is 5. The molecule has 0 aliphatic heterocycles. The minimum absolute atomic E-state index is 0.173. The first-order valence-electron chi connectivity index (χ1n) is 7.57. The summed E-state index contributed by atoms with van der Waals surface area (Å²) in [7, 11) is 4.32. The number of rotatable bonds is 5. The summed E-state index contributed by atoms with van der Waals surface area (Å²) < 4.78 is 9.28. The maximum Gasteiger partial charge on any atom is 0.337 e. The van der Waals surface area contributed by atoms with Crippen LogP contribution < -0.4 is 0 Å². The van der Waals surface area contributed by atoms with E-state index in [1.165, 1.54) is 14.2 Å². The van der Waals surface area contributed by atoms with Crippen molar-refractivity contribution in [3.8, 4) is 0 Å². The number of nitrogens with zero attached hydrogens (tertiary/aromatic N) is 1. The van der Waals surface area contributed by atoms with Crippen LogP contribution in [0, 0.1) is 0 Å². The average molecular weight is 341 g/mol. The minimum atomic E-state index is -0.446. The molecule has 0 saturated carbocycles. The first-order chi connectivity index (χ1) is 12.0. The van der Waals surface area contributed by atoms with E-state index in [1.807, 2.05) is 0 Å². The summed E-state index contributed by atoms with van der Waals surface area (Å²) in [6, 6.07) is 13.1. The second-order valence-electron chi connectivity index (χ2n) is 5.42. The lowest BCUT2D eigenvalue weighted by Gasteiger charge is -2.17. The van der Waals surface area contributed by atoms with Gasteiger partial charge in [-0.3, -0.25) is 4.79 Å². The summed E-state index contributed by atoms with van der Waals surface area (Å²) in [6.45, 7) is 0.388. The van der Waals surface area contributed by atoms with Crippen molar-refractivity contribution >= 4 is 17.8 Å². The highest BCUT2D eigenvalue weighted by molar-refractivity contribution is 5.96. The Morgan fingerprint density at radius 3 is 1.60 bits per heavy atom. The van der Waals surface area contributed by atoms with Crippen LogP contribution in [0.5, 0.6) is 0 Å². The van der Waals surface area contributed by atoms with Gasteiger partial charge in [-0.2, -0.15) is 0 Å². The largest absolute Gasteiger partial charge is 0.465 e. The van der Waals surface area contributed by atoms with E-state index in [-0.39, 0.29) is 5.91 Å². The second-order valence-corrected chi connectivity index (χ2v) is 5.42. The van der Waals surface area contributed by atoms with Gasteiger partial charge in [-0.05, 0) is 42.0 Å². The zero-order chi connectivity index (χ0) is 18.4. The number of ether oxygens (including phenoxy) is 2. The number of hydrogen-bond donors (Lipinski definition) is 0. The lowest BCUT2D eigenvalue weighted by atomic mass is 10.1. The number of benzene rings is 2. The number of carbonyl (C=O) groups excluding carboxylic acids is 3. The molecule has 0 unspecified atom stereocenters. The summed E-state index contributed by atoms with van der Waals surface area (Å²) in [6.07, 6.45) is 0. The fourth-order valence-corrected chi connectivity index (χ4v) is 2.30. The van der Waals surface area contributed by atoms with E-state index in [0.717, 1.165) is 5.56 Å². The Bertz CT molecular complexity index is 765. The van der Waals surface area contributed by atoms with Crippen molar-refractivity contribution in [3.05, 3.63) is 70.8 Å². The highest BCUT2D eigenvalue weighted by Crippen LogP contribution is 2.12. The molecule has 130 valence electrons. The topological polar surface area (TPSA) is 72.9 Å². The molecule has 2 aromatic carbocycles. The van der Waals surface area contributed by atoms with Crippen LogP contribution in [-0.4, -0.2) is 44.0 Å². The molecule has 0 aromatic heterocycles. The predicted octanol–water partition coefficient (Wildman–Crippen LogP) is 2.53. The van der Waals surface area contributed by atoms with Crippen LogP contribution in [0.25, 0.3) is 0 Å². The monoisotopic (exact) mass is 341 g/mol. The zero-order valence-corrected chi connectivity index (χ0v) is 14.3. The third-order valence-electron chi connectivity index (χ3n) is 3.69. The Kier molecular flexibility index (Phi) is 5.89. The Morgan fingerprint density at radius 2 is 1.16 bits per heavy atom. The number of carbonyl (C=O) groups is 3. The van der Waals surface area contributed by atoms with Gasteiger partial charge in [0, 0.05) is 19.2 Å². The lowest BCUT2D eigenvalue weighted by molar-refractivity contribution is 0.0592. The number of amides is 1. The Labute approximate surface area is 146 Å². The summed E-state index contributed by atoms with van der Waals surface area (Å²) in [5.74, 6) is -1.02. The van der Waals surface area contributed by atoms with E-state index >= 15 is 0 Å². The van der Waals surface area contributed by atoms with Gasteiger partial charge in [-0.1, -0.05) is 12.1 Å². The van der Waals surface area contributed by atoms with Crippen molar-refractivity contribution in [3.63, 3.8) is 0 Å². The molecule has 0 radical (unpaired) electrons. The molecule has 25 heavy (non-hydrogen) atoms. The van der Waals surface area contributed by atoms with Gasteiger partial charge in [-0.25, -0.2) is 9.59 Å². The quantitative estimate of drug-likeness (QED) is 0.782. The fourth-order valence-electron chi connectivity index (χ4n) is 2.30. The molecule has 0 heterocycles. The van der Waals surface area contributed by atoms with E-state index in [0.29, 0.717) is 23.2 Å². The molecule has 0 fully saturated rings. The minimum Gasteiger partial charge on any atom is -0.465 e. The molecule has 0 spiro atoms. The zero-order valence-electron chi connectivity index (χ0n) is 14.3. The molecule has 6 nitrogen and oxygen atoms in total. The Balaban J connectivity index is 2.04. The van der Waals surface area contributed by atoms with Gasteiger partial charge in [-0.15, -0.1) is 0 Å². The first kappa shape index (κ1) is 18.2.